The van der Waals surface area contributed by atoms with Gasteiger partial charge in [-0.25, -0.2) is 29.3 Å². The molecule has 1 fully saturated rings. The summed E-state index contributed by atoms with van der Waals surface area (Å²) in [6, 6.07) is 4.66. The van der Waals surface area contributed by atoms with E-state index in [9.17, 15) is 9.18 Å². The monoisotopic (exact) mass is 448 g/mol. The fraction of sp³-hybridized carbons (Fsp3) is 0.304. The summed E-state index contributed by atoms with van der Waals surface area (Å²) in [4.78, 5) is 35.7. The molecule has 5 rings (SSSR count). The molecule has 10 heteroatoms. The van der Waals surface area contributed by atoms with Crippen molar-refractivity contribution in [1.29, 1.82) is 0 Å². The fourth-order valence-electron chi connectivity index (χ4n) is 4.06. The van der Waals surface area contributed by atoms with E-state index < -0.39 is 5.97 Å². The maximum Gasteiger partial charge on any atom is 0.316 e. The SMILES string of the molecule is O=C(O)CC1CCC(Oc2ncc(-c3ncc(-c4nc5ccc(F)cc5[nH]4)cn3)cn2)CC1. The number of aliphatic carboxylic acids is 1. The highest BCUT2D eigenvalue weighted by Crippen LogP contribution is 2.29. The first-order valence-electron chi connectivity index (χ1n) is 10.7. The van der Waals surface area contributed by atoms with Crippen LogP contribution >= 0.6 is 0 Å². The highest BCUT2D eigenvalue weighted by molar-refractivity contribution is 5.79. The zero-order chi connectivity index (χ0) is 22.8. The lowest BCUT2D eigenvalue weighted by atomic mass is 9.85. The number of aromatic amines is 1. The average Bonchev–Trinajstić information content (AvgIpc) is 3.24. The van der Waals surface area contributed by atoms with Gasteiger partial charge in [-0.15, -0.1) is 0 Å². The smallest absolute Gasteiger partial charge is 0.316 e. The van der Waals surface area contributed by atoms with Crippen LogP contribution in [0.2, 0.25) is 0 Å². The Morgan fingerprint density at radius 3 is 2.42 bits per heavy atom. The number of hydrogen-bond donors (Lipinski definition) is 2. The number of carbonyl (C=O) groups is 1. The van der Waals surface area contributed by atoms with Crippen molar-refractivity contribution in [2.24, 2.45) is 5.92 Å². The van der Waals surface area contributed by atoms with Gasteiger partial charge in [0.2, 0.25) is 0 Å². The normalized spacial score (nSPS) is 18.3. The van der Waals surface area contributed by atoms with Crippen molar-refractivity contribution in [3.05, 3.63) is 48.8 Å². The van der Waals surface area contributed by atoms with Crippen LogP contribution in [0.3, 0.4) is 0 Å². The molecule has 3 heterocycles. The van der Waals surface area contributed by atoms with Gasteiger partial charge >= 0.3 is 12.0 Å². The number of aromatic nitrogens is 6. The van der Waals surface area contributed by atoms with Crippen molar-refractivity contribution in [3.63, 3.8) is 0 Å². The van der Waals surface area contributed by atoms with E-state index in [-0.39, 0.29) is 30.3 Å². The Kier molecular flexibility index (Phi) is 5.64. The topological polar surface area (TPSA) is 127 Å². The molecule has 168 valence electrons. The van der Waals surface area contributed by atoms with Crippen LogP contribution in [0, 0.1) is 11.7 Å². The van der Waals surface area contributed by atoms with Crippen molar-refractivity contribution in [2.75, 3.05) is 0 Å². The number of carboxylic acid groups (broad SMARTS) is 1. The molecule has 0 amide bonds. The third-order valence-corrected chi connectivity index (χ3v) is 5.78. The molecule has 0 spiro atoms. The van der Waals surface area contributed by atoms with Gasteiger partial charge in [-0.1, -0.05) is 0 Å². The van der Waals surface area contributed by atoms with Gasteiger partial charge in [0, 0.05) is 31.2 Å². The van der Waals surface area contributed by atoms with Crippen LogP contribution in [-0.2, 0) is 4.79 Å². The van der Waals surface area contributed by atoms with Gasteiger partial charge in [-0.3, -0.25) is 4.79 Å². The van der Waals surface area contributed by atoms with E-state index in [4.69, 9.17) is 9.84 Å². The van der Waals surface area contributed by atoms with E-state index in [1.54, 1.807) is 30.9 Å². The van der Waals surface area contributed by atoms with Gasteiger partial charge in [0.1, 0.15) is 17.7 Å². The number of nitrogens with zero attached hydrogens (tertiary/aromatic N) is 5. The van der Waals surface area contributed by atoms with Crippen molar-refractivity contribution in [3.8, 4) is 28.8 Å². The molecule has 1 aliphatic rings. The molecular formula is C23H21FN6O3. The molecule has 33 heavy (non-hydrogen) atoms. The fourth-order valence-corrected chi connectivity index (χ4v) is 4.06. The Morgan fingerprint density at radius 2 is 1.73 bits per heavy atom. The van der Waals surface area contributed by atoms with Gasteiger partial charge in [0.05, 0.1) is 22.2 Å². The summed E-state index contributed by atoms with van der Waals surface area (Å²) in [6.45, 7) is 0. The minimum Gasteiger partial charge on any atom is -0.481 e. The molecule has 1 saturated carbocycles. The number of nitrogens with one attached hydrogen (secondary N) is 1. The molecule has 1 aliphatic carbocycles. The second kappa shape index (κ2) is 8.89. The van der Waals surface area contributed by atoms with Gasteiger partial charge < -0.3 is 14.8 Å². The summed E-state index contributed by atoms with van der Waals surface area (Å²) in [5.74, 6) is 0.150. The summed E-state index contributed by atoms with van der Waals surface area (Å²) in [6.07, 6.45) is 9.94. The molecule has 4 aromatic rings. The Hall–Kier alpha value is -3.95. The highest BCUT2D eigenvalue weighted by Gasteiger charge is 2.24. The maximum atomic E-state index is 13.4. The Balaban J connectivity index is 1.22. The molecule has 0 bridgehead atoms. The number of halogens is 1. The number of carboxylic acids is 1. The van der Waals surface area contributed by atoms with Gasteiger partial charge in [-0.05, 0) is 49.8 Å². The third kappa shape index (κ3) is 4.79. The van der Waals surface area contributed by atoms with E-state index in [0.29, 0.717) is 33.8 Å². The molecule has 3 aromatic heterocycles. The number of fused-ring (bicyclic) bond motifs is 1. The number of ether oxygens (including phenoxy) is 1. The van der Waals surface area contributed by atoms with E-state index in [2.05, 4.69) is 29.9 Å². The second-order valence-corrected chi connectivity index (χ2v) is 8.15. The van der Waals surface area contributed by atoms with Crippen LogP contribution in [-0.4, -0.2) is 47.1 Å². The minimum atomic E-state index is -0.749. The van der Waals surface area contributed by atoms with Crippen LogP contribution in [0.25, 0.3) is 33.8 Å². The number of imidazole rings is 1. The Bertz CT molecular complexity index is 1270. The quantitative estimate of drug-likeness (QED) is 0.453. The van der Waals surface area contributed by atoms with Crippen LogP contribution in [0.4, 0.5) is 4.39 Å². The van der Waals surface area contributed by atoms with Crippen molar-refractivity contribution in [2.45, 2.75) is 38.2 Å². The van der Waals surface area contributed by atoms with E-state index in [1.807, 2.05) is 0 Å². The average molecular weight is 448 g/mol. The standard InChI is InChI=1S/C23H21FN6O3/c24-16-3-6-18-19(8-16)30-22(29-18)15-9-25-21(26-10-15)14-11-27-23(28-12-14)33-17-4-1-13(2-5-17)7-20(31)32/h3,6,8-13,17H,1-2,4-5,7H2,(H,29,30)(H,31,32). The van der Waals surface area contributed by atoms with Crippen molar-refractivity contribution in [1.82, 2.24) is 29.9 Å². The van der Waals surface area contributed by atoms with Crippen LogP contribution in [0.5, 0.6) is 6.01 Å². The first-order valence-corrected chi connectivity index (χ1v) is 10.7. The predicted octanol–water partition coefficient (Wildman–Crippen LogP) is 4.03. The first-order chi connectivity index (χ1) is 16.0. The Labute approximate surface area is 188 Å². The molecule has 0 radical (unpaired) electrons. The van der Waals surface area contributed by atoms with Crippen molar-refractivity contribution < 1.29 is 19.0 Å². The second-order valence-electron chi connectivity index (χ2n) is 8.15. The zero-order valence-corrected chi connectivity index (χ0v) is 17.6. The van der Waals surface area contributed by atoms with Crippen LogP contribution in [0.1, 0.15) is 32.1 Å². The van der Waals surface area contributed by atoms with Crippen LogP contribution < -0.4 is 4.74 Å². The molecule has 0 saturated heterocycles. The van der Waals surface area contributed by atoms with E-state index >= 15 is 0 Å². The molecule has 1 aromatic carbocycles. The number of benzene rings is 1. The molecular weight excluding hydrogens is 427 g/mol. The largest absolute Gasteiger partial charge is 0.481 e. The number of rotatable bonds is 6. The van der Waals surface area contributed by atoms with E-state index in [1.165, 1.54) is 12.1 Å². The lowest BCUT2D eigenvalue weighted by Crippen LogP contribution is -2.25. The summed E-state index contributed by atoms with van der Waals surface area (Å²) in [5.41, 5.74) is 2.59. The predicted molar refractivity (Wildman–Crippen MR) is 117 cm³/mol. The number of hydrogen-bond acceptors (Lipinski definition) is 7. The first kappa shape index (κ1) is 20.9. The lowest BCUT2D eigenvalue weighted by molar-refractivity contribution is -0.138. The summed E-state index contributed by atoms with van der Waals surface area (Å²) < 4.78 is 19.3. The summed E-state index contributed by atoms with van der Waals surface area (Å²) >= 11 is 0. The molecule has 0 unspecified atom stereocenters. The molecule has 9 nitrogen and oxygen atoms in total. The minimum absolute atomic E-state index is 0.00582. The summed E-state index contributed by atoms with van der Waals surface area (Å²) in [5, 5.41) is 8.92. The highest BCUT2D eigenvalue weighted by atomic mass is 19.1. The van der Waals surface area contributed by atoms with Crippen LogP contribution in [0.15, 0.2) is 43.0 Å². The van der Waals surface area contributed by atoms with Gasteiger partial charge in [-0.2, -0.15) is 0 Å². The lowest BCUT2D eigenvalue weighted by Gasteiger charge is -2.27. The van der Waals surface area contributed by atoms with E-state index in [0.717, 1.165) is 25.7 Å². The van der Waals surface area contributed by atoms with Gasteiger partial charge in [0.15, 0.2) is 5.82 Å². The number of H-pyrrole nitrogens is 1. The summed E-state index contributed by atoms with van der Waals surface area (Å²) in [7, 11) is 0. The zero-order valence-electron chi connectivity index (χ0n) is 17.6. The Morgan fingerprint density at radius 1 is 1.03 bits per heavy atom. The maximum absolute atomic E-state index is 13.4. The molecule has 0 atom stereocenters. The molecule has 2 N–H and O–H groups in total. The van der Waals surface area contributed by atoms with Crippen molar-refractivity contribution >= 4 is 17.0 Å². The molecule has 0 aliphatic heterocycles. The third-order valence-electron chi connectivity index (χ3n) is 5.78. The van der Waals surface area contributed by atoms with Gasteiger partial charge in [0.25, 0.3) is 0 Å².